The topological polar surface area (TPSA) is 66.4 Å². The van der Waals surface area contributed by atoms with Crippen molar-refractivity contribution in [3.63, 3.8) is 0 Å². The molecule has 1 rings (SSSR count). The molecule has 0 bridgehead atoms. The van der Waals surface area contributed by atoms with E-state index in [1.165, 1.54) is 31.0 Å². The summed E-state index contributed by atoms with van der Waals surface area (Å²) in [4.78, 5) is 22.9. The van der Waals surface area contributed by atoms with Crippen molar-refractivity contribution in [2.24, 2.45) is 11.8 Å². The highest BCUT2D eigenvalue weighted by atomic mass is 32.2. The molecule has 0 aromatic rings. The average molecular weight is 287 g/mol. The molecule has 1 aliphatic carbocycles. The maximum atomic E-state index is 11.9. The molecule has 0 spiro atoms. The molecule has 1 amide bonds. The Hall–Kier alpha value is -0.710. The number of amides is 1. The lowest BCUT2D eigenvalue weighted by molar-refractivity contribution is -0.137. The third-order valence-electron chi connectivity index (χ3n) is 3.70. The first-order chi connectivity index (χ1) is 8.91. The third-order valence-corrected chi connectivity index (χ3v) is 5.23. The first kappa shape index (κ1) is 16.3. The number of rotatable bonds is 6. The highest BCUT2D eigenvalue weighted by Gasteiger charge is 2.25. The fourth-order valence-electron chi connectivity index (χ4n) is 2.49. The first-order valence-electron chi connectivity index (χ1n) is 7.05. The van der Waals surface area contributed by atoms with Crippen molar-refractivity contribution in [3.05, 3.63) is 0 Å². The van der Waals surface area contributed by atoms with Gasteiger partial charge in [0.05, 0.1) is 5.75 Å². The largest absolute Gasteiger partial charge is 0.480 e. The molecule has 0 aromatic carbocycles. The maximum absolute atomic E-state index is 11.9. The van der Waals surface area contributed by atoms with Gasteiger partial charge >= 0.3 is 5.97 Å². The van der Waals surface area contributed by atoms with Gasteiger partial charge in [-0.3, -0.25) is 9.59 Å². The summed E-state index contributed by atoms with van der Waals surface area (Å²) < 4.78 is 0. The van der Waals surface area contributed by atoms with Crippen LogP contribution in [-0.4, -0.2) is 34.0 Å². The molecule has 0 heterocycles. The number of nitrogens with one attached hydrogen (secondary N) is 1. The van der Waals surface area contributed by atoms with Gasteiger partial charge in [-0.05, 0) is 24.7 Å². The minimum atomic E-state index is -0.834. The molecule has 110 valence electrons. The van der Waals surface area contributed by atoms with E-state index in [1.54, 1.807) is 0 Å². The predicted molar refractivity (Wildman–Crippen MR) is 78.3 cm³/mol. The number of thioether (sulfide) groups is 1. The van der Waals surface area contributed by atoms with Crippen molar-refractivity contribution in [1.82, 2.24) is 5.32 Å². The molecular formula is C14H25NO3S. The van der Waals surface area contributed by atoms with Gasteiger partial charge in [-0.2, -0.15) is 0 Å². The zero-order valence-electron chi connectivity index (χ0n) is 12.0. The normalized spacial score (nSPS) is 25.1. The molecule has 4 nitrogen and oxygen atoms in total. The SMILES string of the molecule is CC(C)C(SCC(=O)NC1CCCCC1C)C(=O)O. The molecule has 5 heteroatoms. The van der Waals surface area contributed by atoms with Crippen molar-refractivity contribution in [1.29, 1.82) is 0 Å². The lowest BCUT2D eigenvalue weighted by atomic mass is 9.86. The minimum absolute atomic E-state index is 0.0314. The van der Waals surface area contributed by atoms with Crippen molar-refractivity contribution in [2.45, 2.75) is 57.7 Å². The number of carboxylic acid groups (broad SMARTS) is 1. The van der Waals surface area contributed by atoms with Crippen LogP contribution in [0.1, 0.15) is 46.5 Å². The molecule has 2 N–H and O–H groups in total. The summed E-state index contributed by atoms with van der Waals surface area (Å²) in [6, 6.07) is 0.268. The van der Waals surface area contributed by atoms with Crippen LogP contribution in [0.15, 0.2) is 0 Å². The number of carboxylic acids is 1. The van der Waals surface area contributed by atoms with Crippen molar-refractivity contribution >= 4 is 23.6 Å². The second kappa shape index (κ2) is 7.78. The van der Waals surface area contributed by atoms with E-state index in [4.69, 9.17) is 5.11 Å². The van der Waals surface area contributed by atoms with E-state index in [0.717, 1.165) is 6.42 Å². The Bertz CT molecular complexity index is 320. The van der Waals surface area contributed by atoms with Gasteiger partial charge in [0, 0.05) is 6.04 Å². The van der Waals surface area contributed by atoms with Gasteiger partial charge in [0.25, 0.3) is 0 Å². The van der Waals surface area contributed by atoms with Crippen LogP contribution in [0.2, 0.25) is 0 Å². The van der Waals surface area contributed by atoms with Crippen LogP contribution in [0.4, 0.5) is 0 Å². The lowest BCUT2D eigenvalue weighted by Gasteiger charge is -2.29. The van der Waals surface area contributed by atoms with Gasteiger partial charge in [0.15, 0.2) is 0 Å². The standard InChI is InChI=1S/C14H25NO3S/c1-9(2)13(14(17)18)19-8-12(16)15-11-7-5-4-6-10(11)3/h9-11,13H,4-8H2,1-3H3,(H,15,16)(H,17,18). The van der Waals surface area contributed by atoms with E-state index < -0.39 is 11.2 Å². The van der Waals surface area contributed by atoms with E-state index in [0.29, 0.717) is 5.92 Å². The van der Waals surface area contributed by atoms with Gasteiger partial charge < -0.3 is 10.4 Å². The smallest absolute Gasteiger partial charge is 0.316 e. The van der Waals surface area contributed by atoms with Gasteiger partial charge in [-0.1, -0.05) is 33.6 Å². The van der Waals surface area contributed by atoms with E-state index in [9.17, 15) is 9.59 Å². The van der Waals surface area contributed by atoms with Gasteiger partial charge in [0.1, 0.15) is 5.25 Å². The van der Waals surface area contributed by atoms with Crippen LogP contribution < -0.4 is 5.32 Å². The minimum Gasteiger partial charge on any atom is -0.480 e. The summed E-state index contributed by atoms with van der Waals surface area (Å²) in [6.07, 6.45) is 4.63. The highest BCUT2D eigenvalue weighted by molar-refractivity contribution is 8.01. The lowest BCUT2D eigenvalue weighted by Crippen LogP contribution is -2.42. The Morgan fingerprint density at radius 3 is 2.47 bits per heavy atom. The maximum Gasteiger partial charge on any atom is 0.316 e. The van der Waals surface area contributed by atoms with E-state index in [2.05, 4.69) is 12.2 Å². The first-order valence-corrected chi connectivity index (χ1v) is 8.10. The quantitative estimate of drug-likeness (QED) is 0.788. The Morgan fingerprint density at radius 1 is 1.32 bits per heavy atom. The van der Waals surface area contributed by atoms with Crippen LogP contribution in [0.3, 0.4) is 0 Å². The van der Waals surface area contributed by atoms with Crippen LogP contribution >= 0.6 is 11.8 Å². The number of aliphatic carboxylic acids is 1. The molecular weight excluding hydrogens is 262 g/mol. The summed E-state index contributed by atoms with van der Waals surface area (Å²) in [5.74, 6) is -0.0697. The van der Waals surface area contributed by atoms with Crippen LogP contribution in [0, 0.1) is 11.8 Å². The molecule has 1 aliphatic rings. The molecule has 0 aliphatic heterocycles. The van der Waals surface area contributed by atoms with E-state index in [-0.39, 0.29) is 23.6 Å². The number of hydrogen-bond donors (Lipinski definition) is 2. The molecule has 0 saturated heterocycles. The second-order valence-electron chi connectivity index (χ2n) is 5.75. The fraction of sp³-hybridized carbons (Fsp3) is 0.857. The second-order valence-corrected chi connectivity index (χ2v) is 6.88. The summed E-state index contributed by atoms with van der Waals surface area (Å²) in [5.41, 5.74) is 0. The number of hydrogen-bond acceptors (Lipinski definition) is 3. The Morgan fingerprint density at radius 2 is 1.95 bits per heavy atom. The molecule has 3 atom stereocenters. The fourth-order valence-corrected chi connectivity index (χ4v) is 3.44. The zero-order valence-corrected chi connectivity index (χ0v) is 12.8. The summed E-state index contributed by atoms with van der Waals surface area (Å²) in [7, 11) is 0. The molecule has 19 heavy (non-hydrogen) atoms. The van der Waals surface area contributed by atoms with Crippen LogP contribution in [-0.2, 0) is 9.59 Å². The zero-order chi connectivity index (χ0) is 14.4. The molecule has 1 saturated carbocycles. The Balaban J connectivity index is 2.36. The Labute approximate surface area is 119 Å². The Kier molecular flexibility index (Phi) is 6.69. The monoisotopic (exact) mass is 287 g/mol. The van der Waals surface area contributed by atoms with E-state index in [1.807, 2.05) is 13.8 Å². The van der Waals surface area contributed by atoms with E-state index >= 15 is 0 Å². The number of carbonyl (C=O) groups is 2. The highest BCUT2D eigenvalue weighted by Crippen LogP contribution is 2.24. The summed E-state index contributed by atoms with van der Waals surface area (Å²) in [5, 5.41) is 11.6. The van der Waals surface area contributed by atoms with Gasteiger partial charge in [0.2, 0.25) is 5.91 Å². The predicted octanol–water partition coefficient (Wildman–Crippen LogP) is 2.52. The van der Waals surface area contributed by atoms with Crippen molar-refractivity contribution in [2.75, 3.05) is 5.75 Å². The van der Waals surface area contributed by atoms with Gasteiger partial charge in [-0.15, -0.1) is 11.8 Å². The average Bonchev–Trinajstić information content (AvgIpc) is 2.31. The van der Waals surface area contributed by atoms with Crippen LogP contribution in [0.5, 0.6) is 0 Å². The summed E-state index contributed by atoms with van der Waals surface area (Å²) in [6.45, 7) is 5.91. The molecule has 1 fully saturated rings. The molecule has 3 unspecified atom stereocenters. The van der Waals surface area contributed by atoms with Crippen LogP contribution in [0.25, 0.3) is 0 Å². The third kappa shape index (κ3) is 5.43. The number of carbonyl (C=O) groups excluding carboxylic acids is 1. The van der Waals surface area contributed by atoms with Crippen molar-refractivity contribution in [3.8, 4) is 0 Å². The summed E-state index contributed by atoms with van der Waals surface area (Å²) >= 11 is 1.22. The molecule has 0 aromatic heterocycles. The van der Waals surface area contributed by atoms with Crippen molar-refractivity contribution < 1.29 is 14.7 Å². The van der Waals surface area contributed by atoms with Gasteiger partial charge in [-0.25, -0.2) is 0 Å². The molecule has 0 radical (unpaired) electrons.